The van der Waals surface area contributed by atoms with Gasteiger partial charge in [-0.1, -0.05) is 88.5 Å². The molecule has 80 heavy (non-hydrogen) atoms. The molecule has 0 bridgehead atoms. The Hall–Kier alpha value is -8.34. The Morgan fingerprint density at radius 3 is 1.21 bits per heavy atom. The van der Waals surface area contributed by atoms with Crippen molar-refractivity contribution >= 4 is 17.1 Å². The van der Waals surface area contributed by atoms with Gasteiger partial charge in [-0.25, -0.2) is 4.68 Å². The van der Waals surface area contributed by atoms with Crippen LogP contribution in [0, 0.1) is 6.92 Å². The Kier molecular flexibility index (Phi) is 22.1. The van der Waals surface area contributed by atoms with E-state index >= 15 is 0 Å². The molecule has 17 heteroatoms. The second kappa shape index (κ2) is 31.3. The highest BCUT2D eigenvalue weighted by atomic mass is 16.5. The minimum absolute atomic E-state index is 0.687. The summed E-state index contributed by atoms with van der Waals surface area (Å²) in [5.41, 5.74) is 8.37. The van der Waals surface area contributed by atoms with Gasteiger partial charge in [-0.15, -0.1) is 20.4 Å². The predicted molar refractivity (Wildman–Crippen MR) is 313 cm³/mol. The van der Waals surface area contributed by atoms with Crippen molar-refractivity contribution in [3.63, 3.8) is 0 Å². The van der Waals surface area contributed by atoms with E-state index in [1.54, 1.807) is 12.4 Å². The number of nitrogens with zero attached hydrogens (tertiary/aromatic N) is 13. The topological polar surface area (TPSA) is 163 Å². The molecule has 418 valence electrons. The molecule has 0 N–H and O–H groups in total. The Balaban J connectivity index is 0.657. The monoisotopic (exact) mass is 1080 g/mol. The average Bonchev–Trinajstić information content (AvgIpc) is 4.46. The molecule has 0 aliphatic heterocycles. The van der Waals surface area contributed by atoms with Gasteiger partial charge >= 0.3 is 0 Å². The van der Waals surface area contributed by atoms with Crippen LogP contribution in [0.5, 0.6) is 23.0 Å². The molecule has 0 unspecified atom stereocenters. The fourth-order valence-corrected chi connectivity index (χ4v) is 9.52. The zero-order valence-corrected chi connectivity index (χ0v) is 46.4. The van der Waals surface area contributed by atoms with Crippen LogP contribution in [0.4, 0.5) is 17.1 Å². The van der Waals surface area contributed by atoms with Gasteiger partial charge in [0.2, 0.25) is 0 Å². The Morgan fingerprint density at radius 1 is 0.375 bits per heavy atom. The lowest BCUT2D eigenvalue weighted by molar-refractivity contribution is 0.295. The molecule has 0 amide bonds. The van der Waals surface area contributed by atoms with Gasteiger partial charge in [0.05, 0.1) is 56.9 Å². The van der Waals surface area contributed by atoms with Gasteiger partial charge < -0.3 is 23.8 Å². The van der Waals surface area contributed by atoms with E-state index in [0.29, 0.717) is 13.2 Å². The second-order valence-electron chi connectivity index (χ2n) is 20.3. The lowest BCUT2D eigenvalue weighted by Crippen LogP contribution is -2.10. The molecule has 0 saturated carbocycles. The lowest BCUT2D eigenvalue weighted by atomic mass is 10.1. The largest absolute Gasteiger partial charge is 0.494 e. The summed E-state index contributed by atoms with van der Waals surface area (Å²) in [7, 11) is 0. The average molecular weight is 1080 g/mol. The summed E-state index contributed by atoms with van der Waals surface area (Å²) in [4.78, 5) is 2.28. The molecule has 0 atom stereocenters. The van der Waals surface area contributed by atoms with Crippen LogP contribution >= 0.6 is 0 Å². The zero-order chi connectivity index (χ0) is 54.7. The Morgan fingerprint density at radius 2 is 0.775 bits per heavy atom. The molecule has 9 aromatic rings. The molecule has 5 aromatic carbocycles. The lowest BCUT2D eigenvalue weighted by Gasteiger charge is -2.26. The van der Waals surface area contributed by atoms with Crippen molar-refractivity contribution in [2.24, 2.45) is 0 Å². The number of hydrogen-bond donors (Lipinski definition) is 0. The van der Waals surface area contributed by atoms with E-state index in [-0.39, 0.29) is 0 Å². The van der Waals surface area contributed by atoms with Crippen molar-refractivity contribution in [2.75, 3.05) is 31.3 Å². The first-order valence-electron chi connectivity index (χ1n) is 28.9. The second-order valence-corrected chi connectivity index (χ2v) is 20.3. The van der Waals surface area contributed by atoms with E-state index in [4.69, 9.17) is 18.9 Å². The first-order valence-corrected chi connectivity index (χ1v) is 28.9. The molecule has 0 saturated heterocycles. The minimum Gasteiger partial charge on any atom is -0.494 e. The Bertz CT molecular complexity index is 3070. The van der Waals surface area contributed by atoms with Crippen LogP contribution in [-0.4, -0.2) is 86.4 Å². The number of hydrogen-bond acceptors (Lipinski definition) is 13. The van der Waals surface area contributed by atoms with E-state index in [2.05, 4.69) is 126 Å². The maximum atomic E-state index is 6.04. The highest BCUT2D eigenvalue weighted by Crippen LogP contribution is 2.37. The fraction of sp³-hybridized carbons (Fsp3) is 0.397. The summed E-state index contributed by atoms with van der Waals surface area (Å²) in [6, 6.07) is 41.9. The van der Waals surface area contributed by atoms with Gasteiger partial charge in [0.1, 0.15) is 28.7 Å². The molecule has 4 aromatic heterocycles. The molecule has 0 spiro atoms. The van der Waals surface area contributed by atoms with Gasteiger partial charge in [-0.2, -0.15) is 0 Å². The van der Waals surface area contributed by atoms with Gasteiger partial charge in [-0.05, 0) is 169 Å². The van der Waals surface area contributed by atoms with Crippen LogP contribution in [0.3, 0.4) is 0 Å². The first-order chi connectivity index (χ1) is 39.6. The molecule has 0 radical (unpaired) electrons. The third-order valence-electron chi connectivity index (χ3n) is 14.1. The quantitative estimate of drug-likeness (QED) is 0.0338. The Labute approximate surface area is 470 Å². The molecule has 9 rings (SSSR count). The van der Waals surface area contributed by atoms with Crippen molar-refractivity contribution < 1.29 is 18.9 Å². The van der Waals surface area contributed by atoms with Gasteiger partial charge in [-0.3, -0.25) is 14.0 Å². The number of benzene rings is 5. The van der Waals surface area contributed by atoms with Gasteiger partial charge in [0.15, 0.2) is 0 Å². The summed E-state index contributed by atoms with van der Waals surface area (Å²) < 4.78 is 31.7. The summed E-state index contributed by atoms with van der Waals surface area (Å²) in [6.07, 6.45) is 28.4. The predicted octanol–water partition coefficient (Wildman–Crippen LogP) is 13.7. The van der Waals surface area contributed by atoms with Crippen LogP contribution in [0.1, 0.15) is 108 Å². The normalized spacial score (nSPS) is 11.3. The number of unbranched alkanes of at least 4 members (excludes halogenated alkanes) is 12. The van der Waals surface area contributed by atoms with E-state index in [9.17, 15) is 0 Å². The maximum absolute atomic E-state index is 6.04. The molecule has 0 fully saturated rings. The summed E-state index contributed by atoms with van der Waals surface area (Å²) in [5.74, 6) is 3.51. The van der Waals surface area contributed by atoms with Gasteiger partial charge in [0.25, 0.3) is 0 Å². The number of anilines is 3. The molecular formula is C63H77N13O4. The minimum atomic E-state index is 0.687. The summed E-state index contributed by atoms with van der Waals surface area (Å²) >= 11 is 0. The molecule has 4 heterocycles. The van der Waals surface area contributed by atoms with Crippen molar-refractivity contribution in [2.45, 2.75) is 136 Å². The van der Waals surface area contributed by atoms with Crippen LogP contribution in [0.15, 0.2) is 159 Å². The molecule has 17 nitrogen and oxygen atoms in total. The summed E-state index contributed by atoms with van der Waals surface area (Å²) in [5, 5.41) is 33.5. The SMILES string of the molecule is Cc1ccc(N(c2ccc(-c3cn(CCCCCCOc4ccc(OCCCCCCn5ccnn5)cc4)nn3)cc2)c2ccc(-c3cnnn3CCCCCCOc3ccc(OCCCCCCn4ccnn4)cc3)cc2)cc1. The van der Waals surface area contributed by atoms with E-state index in [1.807, 2.05) is 92.0 Å². The standard InChI is InChI=1S/C63H77N13O4/c1-52-18-24-55(25-19-52)76(56-26-20-53(21-27-56)62-51-74(71-67-62)42-12-4-8-16-48-79-60-32-30-58(31-33-60)77-46-14-6-2-10-40-72-44-38-64-68-72)57-28-22-54(23-29-57)63-50-66-70-75(63)43-13-5-9-17-49-80-61-36-34-59(35-37-61)78-47-15-7-3-11-41-73-45-39-65-69-73/h18-39,44-45,50-51H,2-17,40-43,46-49H2,1H3. The number of rotatable bonds is 37. The summed E-state index contributed by atoms with van der Waals surface area (Å²) in [6.45, 7) is 8.39. The van der Waals surface area contributed by atoms with Crippen LogP contribution < -0.4 is 23.8 Å². The molecular weight excluding hydrogens is 1000 g/mol. The fourth-order valence-electron chi connectivity index (χ4n) is 9.52. The van der Waals surface area contributed by atoms with Gasteiger partial charge in [0, 0.05) is 66.8 Å². The van der Waals surface area contributed by atoms with Crippen molar-refractivity contribution in [1.29, 1.82) is 0 Å². The molecule has 0 aliphatic rings. The van der Waals surface area contributed by atoms with Crippen molar-refractivity contribution in [3.8, 4) is 45.5 Å². The first kappa shape index (κ1) is 56.4. The highest BCUT2D eigenvalue weighted by molar-refractivity contribution is 5.79. The highest BCUT2D eigenvalue weighted by Gasteiger charge is 2.15. The van der Waals surface area contributed by atoms with E-state index in [0.717, 1.165) is 205 Å². The van der Waals surface area contributed by atoms with Crippen LogP contribution in [0.2, 0.25) is 0 Å². The van der Waals surface area contributed by atoms with Crippen LogP contribution in [0.25, 0.3) is 22.5 Å². The zero-order valence-electron chi connectivity index (χ0n) is 46.4. The van der Waals surface area contributed by atoms with Crippen molar-refractivity contribution in [1.82, 2.24) is 60.0 Å². The number of ether oxygens (including phenoxy) is 4. The third kappa shape index (κ3) is 18.1. The molecule has 0 aliphatic carbocycles. The number of aryl methyl sites for hydroxylation is 5. The smallest absolute Gasteiger partial charge is 0.119 e. The van der Waals surface area contributed by atoms with E-state index in [1.165, 1.54) is 5.56 Å². The third-order valence-corrected chi connectivity index (χ3v) is 14.1. The van der Waals surface area contributed by atoms with E-state index < -0.39 is 0 Å². The number of aromatic nitrogens is 12. The van der Waals surface area contributed by atoms with Crippen molar-refractivity contribution in [3.05, 3.63) is 164 Å². The van der Waals surface area contributed by atoms with Crippen LogP contribution in [-0.2, 0) is 26.2 Å². The maximum Gasteiger partial charge on any atom is 0.119 e.